The van der Waals surface area contributed by atoms with Crippen molar-refractivity contribution in [3.8, 4) is 5.75 Å². The molecule has 0 fully saturated rings. The van der Waals surface area contributed by atoms with Gasteiger partial charge in [-0.05, 0) is 46.7 Å². The molecule has 0 bridgehead atoms. The van der Waals surface area contributed by atoms with Crippen LogP contribution in [0.15, 0.2) is 24.3 Å². The lowest BCUT2D eigenvalue weighted by molar-refractivity contribution is 0.146. The standard InChI is InChI=1S/C14H22INO/c1-10(2)14(9-16-11(3)4)17-13-7-5-6-12(15)8-13/h5-8,10-11,14,16H,9H2,1-4H3. The highest BCUT2D eigenvalue weighted by molar-refractivity contribution is 14.1. The first-order chi connectivity index (χ1) is 7.99. The number of benzene rings is 1. The molecule has 1 N–H and O–H groups in total. The summed E-state index contributed by atoms with van der Waals surface area (Å²) in [6.07, 6.45) is 0.218. The van der Waals surface area contributed by atoms with Crippen molar-refractivity contribution < 1.29 is 4.74 Å². The summed E-state index contributed by atoms with van der Waals surface area (Å²) in [5.41, 5.74) is 0. The van der Waals surface area contributed by atoms with Crippen LogP contribution in [-0.4, -0.2) is 18.7 Å². The molecule has 0 aliphatic heterocycles. The molecule has 2 nitrogen and oxygen atoms in total. The number of halogens is 1. The Kier molecular flexibility index (Phi) is 6.27. The highest BCUT2D eigenvalue weighted by Gasteiger charge is 2.15. The molecule has 0 aliphatic carbocycles. The van der Waals surface area contributed by atoms with E-state index >= 15 is 0 Å². The topological polar surface area (TPSA) is 21.3 Å². The molecule has 1 aromatic rings. The fraction of sp³-hybridized carbons (Fsp3) is 0.571. The highest BCUT2D eigenvalue weighted by atomic mass is 127. The lowest BCUT2D eigenvalue weighted by Gasteiger charge is -2.24. The minimum absolute atomic E-state index is 0.218. The van der Waals surface area contributed by atoms with Gasteiger partial charge in [0.25, 0.3) is 0 Å². The number of hydrogen-bond donors (Lipinski definition) is 1. The van der Waals surface area contributed by atoms with Crippen molar-refractivity contribution in [1.29, 1.82) is 0 Å². The first kappa shape index (κ1) is 14.8. The summed E-state index contributed by atoms with van der Waals surface area (Å²) in [7, 11) is 0. The first-order valence-electron chi connectivity index (χ1n) is 6.14. The van der Waals surface area contributed by atoms with Crippen LogP contribution < -0.4 is 10.1 Å². The molecule has 0 spiro atoms. The summed E-state index contributed by atoms with van der Waals surface area (Å²) in [5, 5.41) is 3.43. The maximum Gasteiger partial charge on any atom is 0.120 e. The summed E-state index contributed by atoms with van der Waals surface area (Å²) in [5.74, 6) is 1.46. The molecule has 0 amide bonds. The summed E-state index contributed by atoms with van der Waals surface area (Å²) in [6, 6.07) is 8.70. The minimum Gasteiger partial charge on any atom is -0.489 e. The van der Waals surface area contributed by atoms with Gasteiger partial charge in [-0.2, -0.15) is 0 Å². The van der Waals surface area contributed by atoms with Crippen LogP contribution in [0.3, 0.4) is 0 Å². The molecule has 0 aliphatic rings. The predicted molar refractivity (Wildman–Crippen MR) is 81.6 cm³/mol. The van der Waals surface area contributed by atoms with Gasteiger partial charge in [0.15, 0.2) is 0 Å². The summed E-state index contributed by atoms with van der Waals surface area (Å²) < 4.78 is 7.25. The molecule has 0 heterocycles. The van der Waals surface area contributed by atoms with Crippen molar-refractivity contribution >= 4 is 22.6 Å². The maximum absolute atomic E-state index is 6.04. The van der Waals surface area contributed by atoms with Crippen LogP contribution in [0.2, 0.25) is 0 Å². The second-order valence-corrected chi connectivity index (χ2v) is 6.17. The van der Waals surface area contributed by atoms with E-state index in [9.17, 15) is 0 Å². The van der Waals surface area contributed by atoms with E-state index < -0.39 is 0 Å². The molecule has 0 saturated heterocycles. The lowest BCUT2D eigenvalue weighted by Crippen LogP contribution is -2.38. The summed E-state index contributed by atoms with van der Waals surface area (Å²) in [6.45, 7) is 9.59. The second kappa shape index (κ2) is 7.21. The number of nitrogens with one attached hydrogen (secondary N) is 1. The first-order valence-corrected chi connectivity index (χ1v) is 7.22. The lowest BCUT2D eigenvalue weighted by atomic mass is 10.1. The molecule has 0 aromatic heterocycles. The Balaban J connectivity index is 2.60. The van der Waals surface area contributed by atoms with Crippen molar-refractivity contribution in [2.24, 2.45) is 5.92 Å². The number of hydrogen-bond acceptors (Lipinski definition) is 2. The van der Waals surface area contributed by atoms with E-state index in [1.54, 1.807) is 0 Å². The van der Waals surface area contributed by atoms with E-state index in [0.29, 0.717) is 12.0 Å². The third kappa shape index (κ3) is 5.73. The molecule has 1 atom stereocenters. The molecule has 17 heavy (non-hydrogen) atoms. The average molecular weight is 347 g/mol. The molecule has 1 aromatic carbocycles. The van der Waals surface area contributed by atoms with Gasteiger partial charge in [0.05, 0.1) is 0 Å². The zero-order valence-corrected chi connectivity index (χ0v) is 13.2. The highest BCUT2D eigenvalue weighted by Crippen LogP contribution is 2.18. The molecule has 1 unspecified atom stereocenters. The number of ether oxygens (including phenoxy) is 1. The Morgan fingerprint density at radius 3 is 2.47 bits per heavy atom. The molecule has 0 radical (unpaired) electrons. The molecule has 0 saturated carbocycles. The van der Waals surface area contributed by atoms with Crippen LogP contribution in [-0.2, 0) is 0 Å². The van der Waals surface area contributed by atoms with Gasteiger partial charge in [0, 0.05) is 16.2 Å². The smallest absolute Gasteiger partial charge is 0.120 e. The molecule has 96 valence electrons. The van der Waals surface area contributed by atoms with E-state index in [1.807, 2.05) is 12.1 Å². The maximum atomic E-state index is 6.04. The fourth-order valence-corrected chi connectivity index (χ4v) is 1.99. The van der Waals surface area contributed by atoms with E-state index in [-0.39, 0.29) is 6.10 Å². The van der Waals surface area contributed by atoms with Gasteiger partial charge in [0.2, 0.25) is 0 Å². The summed E-state index contributed by atoms with van der Waals surface area (Å²) >= 11 is 2.31. The Labute approximate surface area is 118 Å². The van der Waals surface area contributed by atoms with Gasteiger partial charge >= 0.3 is 0 Å². The SMILES string of the molecule is CC(C)NCC(Oc1cccc(I)c1)C(C)C. The monoisotopic (exact) mass is 347 g/mol. The van der Waals surface area contributed by atoms with Crippen LogP contribution in [0.5, 0.6) is 5.75 Å². The van der Waals surface area contributed by atoms with E-state index in [1.165, 1.54) is 3.57 Å². The van der Waals surface area contributed by atoms with Crippen LogP contribution in [0.4, 0.5) is 0 Å². The molecule has 1 rings (SSSR count). The summed E-state index contributed by atoms with van der Waals surface area (Å²) in [4.78, 5) is 0. The Bertz CT molecular complexity index is 339. The third-order valence-corrected chi connectivity index (χ3v) is 3.23. The third-order valence-electron chi connectivity index (χ3n) is 2.55. The Morgan fingerprint density at radius 1 is 1.24 bits per heavy atom. The van der Waals surface area contributed by atoms with Crippen LogP contribution in [0.25, 0.3) is 0 Å². The van der Waals surface area contributed by atoms with E-state index in [0.717, 1.165) is 12.3 Å². The zero-order valence-electron chi connectivity index (χ0n) is 11.0. The van der Waals surface area contributed by atoms with Crippen LogP contribution in [0, 0.1) is 9.49 Å². The quantitative estimate of drug-likeness (QED) is 0.793. The van der Waals surface area contributed by atoms with Gasteiger partial charge in [-0.15, -0.1) is 0 Å². The van der Waals surface area contributed by atoms with E-state index in [4.69, 9.17) is 4.74 Å². The van der Waals surface area contributed by atoms with Gasteiger partial charge in [-0.3, -0.25) is 0 Å². The van der Waals surface area contributed by atoms with Crippen molar-refractivity contribution in [3.05, 3.63) is 27.8 Å². The van der Waals surface area contributed by atoms with Gasteiger partial charge in [0.1, 0.15) is 11.9 Å². The number of rotatable bonds is 6. The largest absolute Gasteiger partial charge is 0.489 e. The normalized spacial score (nSPS) is 13.1. The van der Waals surface area contributed by atoms with Gasteiger partial charge in [-0.1, -0.05) is 33.8 Å². The Morgan fingerprint density at radius 2 is 1.94 bits per heavy atom. The predicted octanol–water partition coefficient (Wildman–Crippen LogP) is 3.69. The van der Waals surface area contributed by atoms with Crippen molar-refractivity contribution in [3.63, 3.8) is 0 Å². The molecular formula is C14H22INO. The minimum atomic E-state index is 0.218. The fourth-order valence-electron chi connectivity index (χ4n) is 1.48. The van der Waals surface area contributed by atoms with Gasteiger partial charge < -0.3 is 10.1 Å². The van der Waals surface area contributed by atoms with Crippen molar-refractivity contribution in [2.45, 2.75) is 39.8 Å². The van der Waals surface area contributed by atoms with Crippen LogP contribution in [0.1, 0.15) is 27.7 Å². The Hall–Kier alpha value is -0.290. The van der Waals surface area contributed by atoms with E-state index in [2.05, 4.69) is 67.7 Å². The van der Waals surface area contributed by atoms with Crippen molar-refractivity contribution in [2.75, 3.05) is 6.54 Å². The van der Waals surface area contributed by atoms with Crippen molar-refractivity contribution in [1.82, 2.24) is 5.32 Å². The molecular weight excluding hydrogens is 325 g/mol. The van der Waals surface area contributed by atoms with Gasteiger partial charge in [-0.25, -0.2) is 0 Å². The molecule has 3 heteroatoms. The zero-order chi connectivity index (χ0) is 12.8. The van der Waals surface area contributed by atoms with Crippen LogP contribution >= 0.6 is 22.6 Å². The average Bonchev–Trinajstić information content (AvgIpc) is 2.23. The second-order valence-electron chi connectivity index (χ2n) is 4.92.